The average molecular weight is 197 g/mol. The Kier molecular flexibility index (Phi) is 2.56. The molecule has 0 bridgehead atoms. The molecule has 1 aromatic carbocycles. The van der Waals surface area contributed by atoms with Crippen LogP contribution >= 0.6 is 0 Å². The van der Waals surface area contributed by atoms with Crippen LogP contribution in [-0.2, 0) is 0 Å². The third kappa shape index (κ3) is 1.65. The Morgan fingerprint density at radius 3 is 2.00 bits per heavy atom. The second-order valence-corrected chi connectivity index (χ2v) is 3.61. The summed E-state index contributed by atoms with van der Waals surface area (Å²) in [5, 5.41) is 18.0. The van der Waals surface area contributed by atoms with E-state index in [0.29, 0.717) is 0 Å². The maximum Gasteiger partial charge on any atom is 0.118 e. The van der Waals surface area contributed by atoms with Crippen molar-refractivity contribution in [3.8, 4) is 12.1 Å². The molecule has 1 saturated heterocycles. The van der Waals surface area contributed by atoms with E-state index in [1.807, 2.05) is 35.2 Å². The molecule has 2 unspecified atom stereocenters. The highest BCUT2D eigenvalue weighted by Crippen LogP contribution is 2.29. The molecule has 0 aliphatic carbocycles. The van der Waals surface area contributed by atoms with Gasteiger partial charge in [-0.3, -0.25) is 0 Å². The number of nitriles is 2. The molecule has 1 heterocycles. The quantitative estimate of drug-likeness (QED) is 0.692. The molecule has 0 amide bonds. The fourth-order valence-electron chi connectivity index (χ4n) is 2.02. The molecule has 3 nitrogen and oxygen atoms in total. The summed E-state index contributed by atoms with van der Waals surface area (Å²) in [4.78, 5) is 1.92. The number of anilines is 1. The van der Waals surface area contributed by atoms with Crippen molar-refractivity contribution >= 4 is 5.69 Å². The summed E-state index contributed by atoms with van der Waals surface area (Å²) >= 11 is 0. The smallest absolute Gasteiger partial charge is 0.118 e. The van der Waals surface area contributed by atoms with Crippen molar-refractivity contribution in [2.45, 2.75) is 24.9 Å². The first-order chi connectivity index (χ1) is 7.36. The van der Waals surface area contributed by atoms with E-state index in [2.05, 4.69) is 12.1 Å². The number of para-hydroxylation sites is 1. The standard InChI is InChI=1S/C12H11N3/c13-8-11-6-7-12(9-14)15(11)10-4-2-1-3-5-10/h1-5,11-12H,6-7H2. The molecule has 3 heteroatoms. The molecule has 0 spiro atoms. The SMILES string of the molecule is N#CC1CCC(C#N)N1c1ccccc1. The molecular formula is C12H11N3. The van der Waals surface area contributed by atoms with Crippen LogP contribution < -0.4 is 4.90 Å². The highest BCUT2D eigenvalue weighted by atomic mass is 15.2. The van der Waals surface area contributed by atoms with Gasteiger partial charge in [-0.1, -0.05) is 18.2 Å². The van der Waals surface area contributed by atoms with Crippen molar-refractivity contribution in [3.05, 3.63) is 30.3 Å². The molecule has 1 fully saturated rings. The minimum Gasteiger partial charge on any atom is -0.339 e. The second-order valence-electron chi connectivity index (χ2n) is 3.61. The van der Waals surface area contributed by atoms with E-state index in [1.54, 1.807) is 0 Å². The Morgan fingerprint density at radius 2 is 1.53 bits per heavy atom. The largest absolute Gasteiger partial charge is 0.339 e. The minimum absolute atomic E-state index is 0.156. The van der Waals surface area contributed by atoms with Crippen LogP contribution in [0.3, 0.4) is 0 Å². The fourth-order valence-corrected chi connectivity index (χ4v) is 2.02. The molecule has 2 rings (SSSR count). The first-order valence-corrected chi connectivity index (χ1v) is 4.99. The second kappa shape index (κ2) is 4.02. The summed E-state index contributed by atoms with van der Waals surface area (Å²) in [5.74, 6) is 0. The maximum absolute atomic E-state index is 9.01. The van der Waals surface area contributed by atoms with E-state index in [-0.39, 0.29) is 12.1 Å². The Hall–Kier alpha value is -2.00. The predicted octanol–water partition coefficient (Wildman–Crippen LogP) is 2.07. The molecule has 0 saturated carbocycles. The fraction of sp³-hybridized carbons (Fsp3) is 0.333. The lowest BCUT2D eigenvalue weighted by atomic mass is 10.2. The Balaban J connectivity index is 2.33. The van der Waals surface area contributed by atoms with Crippen LogP contribution in [0.1, 0.15) is 12.8 Å². The van der Waals surface area contributed by atoms with Crippen molar-refractivity contribution in [2.75, 3.05) is 4.90 Å². The molecule has 74 valence electrons. The third-order valence-electron chi connectivity index (χ3n) is 2.74. The van der Waals surface area contributed by atoms with E-state index in [1.165, 1.54) is 0 Å². The Labute approximate surface area is 89.2 Å². The van der Waals surface area contributed by atoms with Gasteiger partial charge in [-0.2, -0.15) is 10.5 Å². The van der Waals surface area contributed by atoms with Crippen LogP contribution in [0.2, 0.25) is 0 Å². The predicted molar refractivity (Wildman–Crippen MR) is 57.0 cm³/mol. The summed E-state index contributed by atoms with van der Waals surface area (Å²) < 4.78 is 0. The summed E-state index contributed by atoms with van der Waals surface area (Å²) in [5.41, 5.74) is 0.966. The van der Waals surface area contributed by atoms with Gasteiger partial charge in [0.2, 0.25) is 0 Å². The minimum atomic E-state index is -0.156. The lowest BCUT2D eigenvalue weighted by Gasteiger charge is -2.24. The van der Waals surface area contributed by atoms with Crippen molar-refractivity contribution in [1.29, 1.82) is 10.5 Å². The Morgan fingerprint density at radius 1 is 1.00 bits per heavy atom. The molecule has 1 aliphatic heterocycles. The lowest BCUT2D eigenvalue weighted by molar-refractivity contribution is 0.791. The molecule has 0 N–H and O–H groups in total. The van der Waals surface area contributed by atoms with Gasteiger partial charge >= 0.3 is 0 Å². The molecule has 2 atom stereocenters. The van der Waals surface area contributed by atoms with Crippen LogP contribution in [0.5, 0.6) is 0 Å². The topological polar surface area (TPSA) is 50.8 Å². The number of nitrogens with zero attached hydrogens (tertiary/aromatic N) is 3. The van der Waals surface area contributed by atoms with E-state index in [4.69, 9.17) is 10.5 Å². The molecule has 0 aromatic heterocycles. The number of hydrogen-bond donors (Lipinski definition) is 0. The zero-order valence-corrected chi connectivity index (χ0v) is 8.30. The summed E-state index contributed by atoms with van der Waals surface area (Å²) in [7, 11) is 0. The lowest BCUT2D eigenvalue weighted by Crippen LogP contribution is -2.34. The van der Waals surface area contributed by atoms with Crippen LogP contribution in [0, 0.1) is 22.7 Å². The summed E-state index contributed by atoms with van der Waals surface area (Å²) in [6, 6.07) is 13.9. The van der Waals surface area contributed by atoms with Gasteiger partial charge in [0.05, 0.1) is 12.1 Å². The van der Waals surface area contributed by atoms with Crippen LogP contribution in [0.15, 0.2) is 30.3 Å². The van der Waals surface area contributed by atoms with E-state index >= 15 is 0 Å². The van der Waals surface area contributed by atoms with Crippen LogP contribution in [0.25, 0.3) is 0 Å². The van der Waals surface area contributed by atoms with Gasteiger partial charge in [-0.25, -0.2) is 0 Å². The summed E-state index contributed by atoms with van der Waals surface area (Å²) in [6.45, 7) is 0. The van der Waals surface area contributed by atoms with Gasteiger partial charge in [-0.15, -0.1) is 0 Å². The molecule has 1 aliphatic rings. The first kappa shape index (κ1) is 9.55. The number of hydrogen-bond acceptors (Lipinski definition) is 3. The van der Waals surface area contributed by atoms with E-state index in [9.17, 15) is 0 Å². The van der Waals surface area contributed by atoms with Gasteiger partial charge in [-0.05, 0) is 25.0 Å². The van der Waals surface area contributed by atoms with Gasteiger partial charge in [0.25, 0.3) is 0 Å². The van der Waals surface area contributed by atoms with Gasteiger partial charge in [0.15, 0.2) is 0 Å². The average Bonchev–Trinajstić information content (AvgIpc) is 2.72. The van der Waals surface area contributed by atoms with E-state index < -0.39 is 0 Å². The van der Waals surface area contributed by atoms with Gasteiger partial charge < -0.3 is 4.90 Å². The molecule has 1 aromatic rings. The number of rotatable bonds is 1. The Bertz CT molecular complexity index is 391. The van der Waals surface area contributed by atoms with Crippen molar-refractivity contribution in [1.82, 2.24) is 0 Å². The zero-order valence-electron chi connectivity index (χ0n) is 8.30. The zero-order chi connectivity index (χ0) is 10.7. The first-order valence-electron chi connectivity index (χ1n) is 4.99. The number of benzene rings is 1. The summed E-state index contributed by atoms with van der Waals surface area (Å²) in [6.07, 6.45) is 1.56. The highest BCUT2D eigenvalue weighted by molar-refractivity contribution is 5.52. The van der Waals surface area contributed by atoms with Gasteiger partial charge in [0.1, 0.15) is 12.1 Å². The monoisotopic (exact) mass is 197 g/mol. The molecular weight excluding hydrogens is 186 g/mol. The van der Waals surface area contributed by atoms with Crippen LogP contribution in [0.4, 0.5) is 5.69 Å². The van der Waals surface area contributed by atoms with E-state index in [0.717, 1.165) is 18.5 Å². The third-order valence-corrected chi connectivity index (χ3v) is 2.74. The normalized spacial score (nSPS) is 24.5. The highest BCUT2D eigenvalue weighted by Gasteiger charge is 2.33. The van der Waals surface area contributed by atoms with Crippen LogP contribution in [-0.4, -0.2) is 12.1 Å². The maximum atomic E-state index is 9.01. The molecule has 15 heavy (non-hydrogen) atoms. The molecule has 0 radical (unpaired) electrons. The van der Waals surface area contributed by atoms with Crippen molar-refractivity contribution in [3.63, 3.8) is 0 Å². The van der Waals surface area contributed by atoms with Crippen molar-refractivity contribution in [2.24, 2.45) is 0 Å². The van der Waals surface area contributed by atoms with Gasteiger partial charge in [0, 0.05) is 5.69 Å². The van der Waals surface area contributed by atoms with Crippen molar-refractivity contribution < 1.29 is 0 Å².